The molecular formula is C32H52Cr. The van der Waals surface area contributed by atoms with Gasteiger partial charge in [0.25, 0.3) is 0 Å². The summed E-state index contributed by atoms with van der Waals surface area (Å²) in [5, 5.41) is 0. The van der Waals surface area contributed by atoms with Crippen LogP contribution < -0.4 is 0 Å². The van der Waals surface area contributed by atoms with Crippen LogP contribution in [0.15, 0.2) is 36.4 Å². The fraction of sp³-hybridized carbons (Fsp3) is 0.625. The number of unbranched alkanes of at least 4 members (excludes halogenated alkanes) is 6. The maximum Gasteiger partial charge on any atom is 0 e. The molecular weight excluding hydrogens is 436 g/mol. The molecule has 1 heteroatoms. The fourth-order valence-electron chi connectivity index (χ4n) is 4.43. The van der Waals surface area contributed by atoms with E-state index < -0.39 is 0 Å². The molecule has 0 bridgehead atoms. The van der Waals surface area contributed by atoms with Gasteiger partial charge in [-0.05, 0) is 84.7 Å². The standard InChI is InChI=1S/2C16H26.Cr/c2*1-4-7-8-9-10-16-12-11-14(5-2)13-15(16)6-3;/h2*11-13H,4-10H2,1-3H3;. The van der Waals surface area contributed by atoms with E-state index in [9.17, 15) is 0 Å². The van der Waals surface area contributed by atoms with Crippen LogP contribution in [0, 0.1) is 0 Å². The molecule has 0 aliphatic rings. The Morgan fingerprint density at radius 2 is 0.818 bits per heavy atom. The van der Waals surface area contributed by atoms with Gasteiger partial charge in [0, 0.05) is 17.4 Å². The first-order valence-electron chi connectivity index (χ1n) is 13.8. The Morgan fingerprint density at radius 1 is 0.424 bits per heavy atom. The van der Waals surface area contributed by atoms with Crippen molar-refractivity contribution in [3.63, 3.8) is 0 Å². The van der Waals surface area contributed by atoms with Gasteiger partial charge in [-0.15, -0.1) is 0 Å². The van der Waals surface area contributed by atoms with Gasteiger partial charge < -0.3 is 0 Å². The summed E-state index contributed by atoms with van der Waals surface area (Å²) < 4.78 is 0. The largest absolute Gasteiger partial charge is 0.0654 e. The normalized spacial score (nSPS) is 10.4. The van der Waals surface area contributed by atoms with Gasteiger partial charge in [0.1, 0.15) is 0 Å². The summed E-state index contributed by atoms with van der Waals surface area (Å²) >= 11 is 0. The van der Waals surface area contributed by atoms with Crippen LogP contribution in [0.2, 0.25) is 0 Å². The Bertz CT molecular complexity index is 668. The van der Waals surface area contributed by atoms with Gasteiger partial charge in [-0.3, -0.25) is 0 Å². The summed E-state index contributed by atoms with van der Waals surface area (Å²) in [5.41, 5.74) is 9.25. The van der Waals surface area contributed by atoms with E-state index in [4.69, 9.17) is 0 Å². The molecule has 0 atom stereocenters. The van der Waals surface area contributed by atoms with Crippen molar-refractivity contribution in [2.24, 2.45) is 0 Å². The summed E-state index contributed by atoms with van der Waals surface area (Å²) in [6, 6.07) is 14.1. The van der Waals surface area contributed by atoms with Gasteiger partial charge in [-0.25, -0.2) is 0 Å². The van der Waals surface area contributed by atoms with E-state index in [0.29, 0.717) is 0 Å². The predicted octanol–water partition coefficient (Wildman–Crippen LogP) is 9.87. The number of benzene rings is 2. The van der Waals surface area contributed by atoms with E-state index >= 15 is 0 Å². The Hall–Kier alpha value is -1.03. The number of hydrogen-bond donors (Lipinski definition) is 0. The Labute approximate surface area is 218 Å². The zero-order valence-electron chi connectivity index (χ0n) is 22.8. The van der Waals surface area contributed by atoms with Crippen molar-refractivity contribution < 1.29 is 17.4 Å². The first kappa shape index (κ1) is 32.0. The second-order valence-electron chi connectivity index (χ2n) is 9.24. The van der Waals surface area contributed by atoms with Crippen molar-refractivity contribution in [1.82, 2.24) is 0 Å². The average molecular weight is 489 g/mol. The van der Waals surface area contributed by atoms with Crippen LogP contribution in [0.4, 0.5) is 0 Å². The molecule has 0 aliphatic heterocycles. The van der Waals surface area contributed by atoms with Crippen molar-refractivity contribution in [2.75, 3.05) is 0 Å². The summed E-state index contributed by atoms with van der Waals surface area (Å²) in [6.07, 6.45) is 18.1. The number of aryl methyl sites for hydroxylation is 6. The second-order valence-corrected chi connectivity index (χ2v) is 9.24. The van der Waals surface area contributed by atoms with Gasteiger partial charge in [0.2, 0.25) is 0 Å². The average Bonchev–Trinajstić information content (AvgIpc) is 2.84. The van der Waals surface area contributed by atoms with E-state index in [2.05, 4.69) is 77.9 Å². The molecule has 0 heterocycles. The molecule has 0 aromatic heterocycles. The minimum atomic E-state index is 0. The molecule has 0 saturated heterocycles. The van der Waals surface area contributed by atoms with E-state index in [-0.39, 0.29) is 17.4 Å². The van der Waals surface area contributed by atoms with Crippen molar-refractivity contribution in [3.8, 4) is 0 Å². The third-order valence-corrected chi connectivity index (χ3v) is 6.72. The van der Waals surface area contributed by atoms with Crippen molar-refractivity contribution >= 4 is 0 Å². The first-order valence-corrected chi connectivity index (χ1v) is 13.8. The van der Waals surface area contributed by atoms with Crippen molar-refractivity contribution in [3.05, 3.63) is 69.8 Å². The smallest absolute Gasteiger partial charge is 0 e. The van der Waals surface area contributed by atoms with Crippen LogP contribution >= 0.6 is 0 Å². The van der Waals surface area contributed by atoms with Crippen LogP contribution in [0.1, 0.15) is 126 Å². The molecule has 0 radical (unpaired) electrons. The second kappa shape index (κ2) is 20.4. The predicted molar refractivity (Wildman–Crippen MR) is 146 cm³/mol. The fourth-order valence-corrected chi connectivity index (χ4v) is 4.43. The maximum atomic E-state index is 2.40. The van der Waals surface area contributed by atoms with Crippen LogP contribution in [0.5, 0.6) is 0 Å². The van der Waals surface area contributed by atoms with E-state index in [1.165, 1.54) is 88.2 Å². The molecule has 0 amide bonds. The van der Waals surface area contributed by atoms with Crippen LogP contribution in [0.25, 0.3) is 0 Å². The quantitative estimate of drug-likeness (QED) is 0.232. The minimum absolute atomic E-state index is 0. The molecule has 33 heavy (non-hydrogen) atoms. The topological polar surface area (TPSA) is 0 Å². The third-order valence-electron chi connectivity index (χ3n) is 6.72. The van der Waals surface area contributed by atoms with E-state index in [1.54, 1.807) is 22.3 Å². The van der Waals surface area contributed by atoms with Crippen LogP contribution in [-0.2, 0) is 55.9 Å². The Kier molecular flexibility index (Phi) is 19.7. The summed E-state index contributed by atoms with van der Waals surface area (Å²) in [6.45, 7) is 13.5. The van der Waals surface area contributed by atoms with Crippen molar-refractivity contribution in [2.45, 2.75) is 131 Å². The monoisotopic (exact) mass is 488 g/mol. The number of hydrogen-bond acceptors (Lipinski definition) is 0. The first-order chi connectivity index (χ1) is 15.6. The SMILES string of the molecule is CCCCCCc1ccc(CC)cc1CC.CCCCCCc1ccc(CC)cc1CC.[Cr]. The van der Waals surface area contributed by atoms with Gasteiger partial charge in [0.05, 0.1) is 0 Å². The molecule has 0 spiro atoms. The molecule has 0 nitrogen and oxygen atoms in total. The molecule has 0 aliphatic carbocycles. The Morgan fingerprint density at radius 3 is 1.12 bits per heavy atom. The molecule has 2 aromatic rings. The number of rotatable bonds is 14. The third kappa shape index (κ3) is 12.9. The van der Waals surface area contributed by atoms with Crippen molar-refractivity contribution in [1.29, 1.82) is 0 Å². The Balaban J connectivity index is 0.000000602. The summed E-state index contributed by atoms with van der Waals surface area (Å²) in [7, 11) is 0. The molecule has 2 rings (SSSR count). The molecule has 2 aromatic carbocycles. The summed E-state index contributed by atoms with van der Waals surface area (Å²) in [4.78, 5) is 0. The zero-order chi connectivity index (χ0) is 23.6. The van der Waals surface area contributed by atoms with Gasteiger partial charge in [0.15, 0.2) is 0 Å². The van der Waals surface area contributed by atoms with Gasteiger partial charge in [-0.2, -0.15) is 0 Å². The van der Waals surface area contributed by atoms with Gasteiger partial charge >= 0.3 is 0 Å². The zero-order valence-corrected chi connectivity index (χ0v) is 24.0. The summed E-state index contributed by atoms with van der Waals surface area (Å²) in [5.74, 6) is 0. The van der Waals surface area contributed by atoms with Crippen LogP contribution in [0.3, 0.4) is 0 Å². The van der Waals surface area contributed by atoms with Gasteiger partial charge in [-0.1, -0.05) is 116 Å². The van der Waals surface area contributed by atoms with Crippen LogP contribution in [-0.4, -0.2) is 0 Å². The molecule has 186 valence electrons. The van der Waals surface area contributed by atoms with E-state index in [1.807, 2.05) is 0 Å². The molecule has 0 N–H and O–H groups in total. The van der Waals surface area contributed by atoms with E-state index in [0.717, 1.165) is 12.8 Å². The minimum Gasteiger partial charge on any atom is -0.0654 e. The molecule has 0 unspecified atom stereocenters. The molecule has 0 fully saturated rings. The molecule has 0 saturated carbocycles. The maximum absolute atomic E-state index is 2.40.